The van der Waals surface area contributed by atoms with Crippen LogP contribution in [0.4, 0.5) is 0 Å². The van der Waals surface area contributed by atoms with Gasteiger partial charge in [-0.3, -0.25) is 0 Å². The van der Waals surface area contributed by atoms with Crippen molar-refractivity contribution in [1.29, 1.82) is 0 Å². The summed E-state index contributed by atoms with van der Waals surface area (Å²) in [5, 5.41) is 0. The van der Waals surface area contributed by atoms with Gasteiger partial charge in [-0.1, -0.05) is 19.3 Å². The molecule has 1 unspecified atom stereocenters. The molecule has 0 aliphatic heterocycles. The SMILES string of the molecule is CC1CCCCC#CC1(C)C. The monoisotopic (exact) mass is 150 g/mol. The Bertz CT molecular complexity index is 178. The lowest BCUT2D eigenvalue weighted by atomic mass is 9.77. The summed E-state index contributed by atoms with van der Waals surface area (Å²) in [4.78, 5) is 0. The molecule has 0 nitrogen and oxygen atoms in total. The maximum absolute atomic E-state index is 3.36. The fourth-order valence-corrected chi connectivity index (χ4v) is 1.44. The number of hydrogen-bond acceptors (Lipinski definition) is 0. The topological polar surface area (TPSA) is 0 Å². The quantitative estimate of drug-likeness (QED) is 0.465. The standard InChI is InChI=1S/C11H18/c1-10-8-6-4-5-7-9-11(10,2)3/h10H,4-6,8H2,1-3H3. The second-order valence-corrected chi connectivity index (χ2v) is 4.17. The molecule has 0 bridgehead atoms. The van der Waals surface area contributed by atoms with E-state index in [0.29, 0.717) is 0 Å². The van der Waals surface area contributed by atoms with Crippen LogP contribution in [0.3, 0.4) is 0 Å². The molecule has 0 spiro atoms. The molecule has 0 fully saturated rings. The van der Waals surface area contributed by atoms with Crippen molar-refractivity contribution in [2.45, 2.75) is 46.5 Å². The van der Waals surface area contributed by atoms with Gasteiger partial charge in [0.05, 0.1) is 0 Å². The maximum atomic E-state index is 3.36. The van der Waals surface area contributed by atoms with Crippen molar-refractivity contribution >= 4 is 0 Å². The molecule has 0 aromatic heterocycles. The molecular formula is C11H18. The first-order valence-corrected chi connectivity index (χ1v) is 4.63. The predicted octanol–water partition coefficient (Wildman–Crippen LogP) is 3.23. The van der Waals surface area contributed by atoms with Crippen LogP contribution in [-0.4, -0.2) is 0 Å². The van der Waals surface area contributed by atoms with Crippen molar-refractivity contribution in [3.05, 3.63) is 0 Å². The molecule has 0 aromatic rings. The zero-order valence-corrected chi connectivity index (χ0v) is 7.91. The van der Waals surface area contributed by atoms with Crippen LogP contribution < -0.4 is 0 Å². The van der Waals surface area contributed by atoms with Gasteiger partial charge < -0.3 is 0 Å². The Morgan fingerprint density at radius 1 is 1.27 bits per heavy atom. The highest BCUT2D eigenvalue weighted by Gasteiger charge is 2.23. The Hall–Kier alpha value is -0.440. The van der Waals surface area contributed by atoms with Crippen molar-refractivity contribution < 1.29 is 0 Å². The van der Waals surface area contributed by atoms with Crippen molar-refractivity contribution in [3.63, 3.8) is 0 Å². The van der Waals surface area contributed by atoms with Crippen molar-refractivity contribution in [2.24, 2.45) is 11.3 Å². The van der Waals surface area contributed by atoms with Gasteiger partial charge in [-0.05, 0) is 32.6 Å². The third-order valence-electron chi connectivity index (χ3n) is 2.83. The second-order valence-electron chi connectivity index (χ2n) is 4.17. The van der Waals surface area contributed by atoms with Gasteiger partial charge in [0.25, 0.3) is 0 Å². The number of hydrogen-bond donors (Lipinski definition) is 0. The minimum absolute atomic E-state index is 0.250. The predicted molar refractivity (Wildman–Crippen MR) is 49.2 cm³/mol. The Balaban J connectivity index is 2.71. The van der Waals surface area contributed by atoms with E-state index in [0.717, 1.165) is 12.3 Å². The minimum atomic E-state index is 0.250. The molecule has 1 aliphatic rings. The summed E-state index contributed by atoms with van der Waals surface area (Å²) in [5.41, 5.74) is 0.250. The molecule has 0 aromatic carbocycles. The zero-order valence-electron chi connectivity index (χ0n) is 7.91. The summed E-state index contributed by atoms with van der Waals surface area (Å²) in [5.74, 6) is 7.38. The third-order valence-corrected chi connectivity index (χ3v) is 2.83. The molecule has 0 N–H and O–H groups in total. The highest BCUT2D eigenvalue weighted by atomic mass is 14.3. The molecule has 1 rings (SSSR count). The molecule has 0 radical (unpaired) electrons. The van der Waals surface area contributed by atoms with Crippen LogP contribution in [0.5, 0.6) is 0 Å². The van der Waals surface area contributed by atoms with E-state index in [1.165, 1.54) is 19.3 Å². The van der Waals surface area contributed by atoms with E-state index in [2.05, 4.69) is 32.6 Å². The summed E-state index contributed by atoms with van der Waals surface area (Å²) in [7, 11) is 0. The molecule has 0 heterocycles. The average Bonchev–Trinajstić information content (AvgIpc) is 1.93. The zero-order chi connectivity index (χ0) is 8.32. The Labute approximate surface area is 70.4 Å². The Morgan fingerprint density at radius 3 is 2.73 bits per heavy atom. The molecular weight excluding hydrogens is 132 g/mol. The summed E-state index contributed by atoms with van der Waals surface area (Å²) in [6.07, 6.45) is 5.12. The summed E-state index contributed by atoms with van der Waals surface area (Å²) in [6.45, 7) is 6.84. The van der Waals surface area contributed by atoms with Crippen LogP contribution in [-0.2, 0) is 0 Å². The first-order chi connectivity index (χ1) is 5.13. The second kappa shape index (κ2) is 3.30. The van der Waals surface area contributed by atoms with Gasteiger partial charge in [-0.2, -0.15) is 0 Å². The summed E-state index contributed by atoms with van der Waals surface area (Å²) in [6, 6.07) is 0. The van der Waals surface area contributed by atoms with Crippen LogP contribution in [0.1, 0.15) is 46.5 Å². The third kappa shape index (κ3) is 2.26. The smallest absolute Gasteiger partial charge is 0.0283 e. The summed E-state index contributed by atoms with van der Waals surface area (Å²) >= 11 is 0. The normalized spacial score (nSPS) is 29.5. The van der Waals surface area contributed by atoms with Crippen LogP contribution in [0.25, 0.3) is 0 Å². The van der Waals surface area contributed by atoms with Crippen LogP contribution in [0, 0.1) is 23.2 Å². The number of rotatable bonds is 0. The molecule has 0 saturated carbocycles. The van der Waals surface area contributed by atoms with E-state index in [4.69, 9.17) is 0 Å². The van der Waals surface area contributed by atoms with Gasteiger partial charge in [0.2, 0.25) is 0 Å². The van der Waals surface area contributed by atoms with Crippen LogP contribution in [0.15, 0.2) is 0 Å². The molecule has 62 valence electrons. The van der Waals surface area contributed by atoms with E-state index in [-0.39, 0.29) is 5.41 Å². The molecule has 0 amide bonds. The van der Waals surface area contributed by atoms with Crippen molar-refractivity contribution in [2.75, 3.05) is 0 Å². The average molecular weight is 150 g/mol. The first-order valence-electron chi connectivity index (χ1n) is 4.63. The largest absolute Gasteiger partial charge is 0.103 e. The highest BCUT2D eigenvalue weighted by molar-refractivity contribution is 5.11. The van der Waals surface area contributed by atoms with Gasteiger partial charge in [0, 0.05) is 11.8 Å². The van der Waals surface area contributed by atoms with Crippen molar-refractivity contribution in [3.8, 4) is 11.8 Å². The first kappa shape index (κ1) is 8.65. The van der Waals surface area contributed by atoms with Gasteiger partial charge >= 0.3 is 0 Å². The molecule has 11 heavy (non-hydrogen) atoms. The maximum Gasteiger partial charge on any atom is 0.0283 e. The van der Waals surface area contributed by atoms with E-state index >= 15 is 0 Å². The molecule has 1 atom stereocenters. The van der Waals surface area contributed by atoms with E-state index in [1.54, 1.807) is 0 Å². The van der Waals surface area contributed by atoms with Gasteiger partial charge in [-0.15, -0.1) is 5.92 Å². The van der Waals surface area contributed by atoms with E-state index in [9.17, 15) is 0 Å². The van der Waals surface area contributed by atoms with Crippen LogP contribution >= 0.6 is 0 Å². The fraction of sp³-hybridized carbons (Fsp3) is 0.818. The van der Waals surface area contributed by atoms with E-state index in [1.807, 2.05) is 0 Å². The summed E-state index contributed by atoms with van der Waals surface area (Å²) < 4.78 is 0. The van der Waals surface area contributed by atoms with Gasteiger partial charge in [-0.25, -0.2) is 0 Å². The fourth-order valence-electron chi connectivity index (χ4n) is 1.44. The van der Waals surface area contributed by atoms with Crippen LogP contribution in [0.2, 0.25) is 0 Å². The lowest BCUT2D eigenvalue weighted by Gasteiger charge is -2.27. The lowest BCUT2D eigenvalue weighted by molar-refractivity contribution is 0.292. The Kier molecular flexibility index (Phi) is 2.60. The van der Waals surface area contributed by atoms with Crippen molar-refractivity contribution in [1.82, 2.24) is 0 Å². The van der Waals surface area contributed by atoms with E-state index < -0.39 is 0 Å². The molecule has 0 heteroatoms. The molecule has 0 saturated heterocycles. The van der Waals surface area contributed by atoms with Gasteiger partial charge in [0.15, 0.2) is 0 Å². The minimum Gasteiger partial charge on any atom is -0.103 e. The Morgan fingerprint density at radius 2 is 2.00 bits per heavy atom. The molecule has 1 aliphatic carbocycles. The lowest BCUT2D eigenvalue weighted by Crippen LogP contribution is -2.20. The van der Waals surface area contributed by atoms with Gasteiger partial charge in [0.1, 0.15) is 0 Å². The highest BCUT2D eigenvalue weighted by Crippen LogP contribution is 2.30.